The molecule has 0 unspecified atom stereocenters. The molecule has 62 valence electrons. The van der Waals surface area contributed by atoms with E-state index in [9.17, 15) is 0 Å². The number of halogens is 1. The van der Waals surface area contributed by atoms with Gasteiger partial charge in [-0.2, -0.15) is 0 Å². The third-order valence-corrected chi connectivity index (χ3v) is 2.24. The third-order valence-electron chi connectivity index (χ3n) is 1.90. The normalized spacial score (nSPS) is 16.9. The van der Waals surface area contributed by atoms with Gasteiger partial charge in [-0.05, 0) is 17.8 Å². The van der Waals surface area contributed by atoms with Gasteiger partial charge in [0.2, 0.25) is 0 Å². The van der Waals surface area contributed by atoms with Gasteiger partial charge in [-0.15, -0.1) is 0 Å². The van der Waals surface area contributed by atoms with Crippen molar-refractivity contribution in [1.29, 1.82) is 0 Å². The molecule has 1 aliphatic heterocycles. The minimum atomic E-state index is 0.0127. The van der Waals surface area contributed by atoms with Gasteiger partial charge in [0.15, 0.2) is 0 Å². The highest BCUT2D eigenvalue weighted by molar-refractivity contribution is 6.70. The average Bonchev–Trinajstić information content (AvgIpc) is 2.57. The molecule has 0 atom stereocenters. The molecule has 1 saturated heterocycles. The van der Waals surface area contributed by atoms with E-state index >= 15 is 0 Å². The first-order valence-corrected chi connectivity index (χ1v) is 4.28. The van der Waals surface area contributed by atoms with Crippen LogP contribution in [0.1, 0.15) is 0 Å². The largest absolute Gasteiger partial charge is 0.376 e. The molecule has 0 spiro atoms. The summed E-state index contributed by atoms with van der Waals surface area (Å²) in [6.45, 7) is 0.661. The van der Waals surface area contributed by atoms with Crippen LogP contribution in [0.3, 0.4) is 0 Å². The smallest absolute Gasteiger partial charge is 0.298 e. The lowest BCUT2D eigenvalue weighted by Gasteiger charge is -2.04. The standard InChI is InChI=1S/C8H8BClO2/c10-8-4-2-1-3-7(8)9-5-6-11-12-9/h1-4H,5-6H2. The van der Waals surface area contributed by atoms with Crippen LogP contribution in [-0.4, -0.2) is 13.5 Å². The van der Waals surface area contributed by atoms with Crippen molar-refractivity contribution in [2.45, 2.75) is 6.32 Å². The van der Waals surface area contributed by atoms with Crippen molar-refractivity contribution in [2.75, 3.05) is 6.61 Å². The van der Waals surface area contributed by atoms with Crippen LogP contribution in [0.2, 0.25) is 11.3 Å². The van der Waals surface area contributed by atoms with Crippen LogP contribution in [0, 0.1) is 0 Å². The average molecular weight is 182 g/mol. The summed E-state index contributed by atoms with van der Waals surface area (Å²) >= 11 is 5.97. The van der Waals surface area contributed by atoms with Gasteiger partial charge in [-0.1, -0.05) is 29.8 Å². The van der Waals surface area contributed by atoms with Crippen molar-refractivity contribution in [3.05, 3.63) is 29.3 Å². The predicted octanol–water partition coefficient (Wildman–Crippen LogP) is 1.50. The van der Waals surface area contributed by atoms with Crippen LogP contribution < -0.4 is 5.46 Å². The molecule has 0 N–H and O–H groups in total. The van der Waals surface area contributed by atoms with Crippen molar-refractivity contribution in [3.63, 3.8) is 0 Å². The molecule has 0 aromatic heterocycles. The first kappa shape index (κ1) is 8.11. The van der Waals surface area contributed by atoms with Gasteiger partial charge < -0.3 is 0 Å². The first-order valence-electron chi connectivity index (χ1n) is 3.90. The Hall–Kier alpha value is -0.505. The lowest BCUT2D eigenvalue weighted by atomic mass is 9.59. The summed E-state index contributed by atoms with van der Waals surface area (Å²) in [6, 6.07) is 7.67. The molecule has 0 saturated carbocycles. The van der Waals surface area contributed by atoms with Crippen molar-refractivity contribution in [1.82, 2.24) is 0 Å². The maximum atomic E-state index is 5.97. The van der Waals surface area contributed by atoms with E-state index < -0.39 is 0 Å². The molecule has 0 radical (unpaired) electrons. The molecule has 2 nitrogen and oxygen atoms in total. The minimum Gasteiger partial charge on any atom is -0.298 e. The van der Waals surface area contributed by atoms with Gasteiger partial charge in [0.05, 0.1) is 6.61 Å². The van der Waals surface area contributed by atoms with Gasteiger partial charge in [-0.3, -0.25) is 9.69 Å². The highest BCUT2D eigenvalue weighted by atomic mass is 35.5. The Labute approximate surface area is 76.5 Å². The Morgan fingerprint density at radius 3 is 2.83 bits per heavy atom. The maximum absolute atomic E-state index is 5.97. The van der Waals surface area contributed by atoms with Crippen LogP contribution in [0.15, 0.2) is 24.3 Å². The van der Waals surface area contributed by atoms with Crippen LogP contribution in [0.5, 0.6) is 0 Å². The zero-order chi connectivity index (χ0) is 8.39. The number of rotatable bonds is 1. The fourth-order valence-corrected chi connectivity index (χ4v) is 1.53. The van der Waals surface area contributed by atoms with Crippen molar-refractivity contribution >= 4 is 24.0 Å². The SMILES string of the molecule is Clc1ccccc1B1CCOO1. The van der Waals surface area contributed by atoms with Crippen molar-refractivity contribution < 1.29 is 9.69 Å². The topological polar surface area (TPSA) is 18.5 Å². The van der Waals surface area contributed by atoms with E-state index in [1.54, 1.807) is 0 Å². The summed E-state index contributed by atoms with van der Waals surface area (Å²) in [6.07, 6.45) is 0.879. The monoisotopic (exact) mass is 182 g/mol. The van der Waals surface area contributed by atoms with E-state index in [1.165, 1.54) is 0 Å². The molecule has 4 heteroatoms. The molecule has 0 bridgehead atoms. The van der Waals surface area contributed by atoms with E-state index in [0.717, 1.165) is 16.8 Å². The Morgan fingerprint density at radius 2 is 2.17 bits per heavy atom. The number of hydrogen-bond donors (Lipinski definition) is 0. The van der Waals surface area contributed by atoms with E-state index in [1.807, 2.05) is 24.3 Å². The molecular weight excluding hydrogens is 174 g/mol. The highest BCUT2D eigenvalue weighted by Gasteiger charge is 2.27. The predicted molar refractivity (Wildman–Crippen MR) is 48.7 cm³/mol. The minimum absolute atomic E-state index is 0.0127. The molecule has 12 heavy (non-hydrogen) atoms. The van der Waals surface area contributed by atoms with E-state index in [-0.39, 0.29) is 6.92 Å². The summed E-state index contributed by atoms with van der Waals surface area (Å²) in [5.41, 5.74) is 1.01. The maximum Gasteiger partial charge on any atom is 0.376 e. The molecule has 0 aliphatic carbocycles. The summed E-state index contributed by atoms with van der Waals surface area (Å²) in [4.78, 5) is 9.84. The second-order valence-corrected chi connectivity index (χ2v) is 3.12. The van der Waals surface area contributed by atoms with Gasteiger partial charge >= 0.3 is 6.92 Å². The molecule has 1 aromatic carbocycles. The molecule has 1 fully saturated rings. The molecule has 1 aromatic rings. The summed E-state index contributed by atoms with van der Waals surface area (Å²) in [5, 5.41) is 0.744. The van der Waals surface area contributed by atoms with Crippen LogP contribution >= 0.6 is 11.6 Å². The number of hydrogen-bond acceptors (Lipinski definition) is 2. The second-order valence-electron chi connectivity index (χ2n) is 2.72. The number of benzene rings is 1. The van der Waals surface area contributed by atoms with Gasteiger partial charge in [-0.25, -0.2) is 0 Å². The summed E-state index contributed by atoms with van der Waals surface area (Å²) in [7, 11) is 0. The summed E-state index contributed by atoms with van der Waals surface area (Å²) in [5.74, 6) is 0. The lowest BCUT2D eigenvalue weighted by Crippen LogP contribution is -2.29. The molecule has 2 rings (SSSR count). The molecule has 1 aliphatic rings. The Bertz CT molecular complexity index is 274. The zero-order valence-electron chi connectivity index (χ0n) is 6.50. The van der Waals surface area contributed by atoms with Gasteiger partial charge in [0.25, 0.3) is 0 Å². The lowest BCUT2D eigenvalue weighted by molar-refractivity contribution is -0.184. The molecule has 0 amide bonds. The van der Waals surface area contributed by atoms with Crippen LogP contribution in [-0.2, 0) is 9.69 Å². The van der Waals surface area contributed by atoms with E-state index in [4.69, 9.17) is 21.3 Å². The fraction of sp³-hybridized carbons (Fsp3) is 0.250. The van der Waals surface area contributed by atoms with E-state index in [0.29, 0.717) is 6.61 Å². The molecular formula is C8H8BClO2. The molecule has 1 heterocycles. The zero-order valence-corrected chi connectivity index (χ0v) is 7.25. The highest BCUT2D eigenvalue weighted by Crippen LogP contribution is 2.12. The Kier molecular flexibility index (Phi) is 2.35. The Morgan fingerprint density at radius 1 is 1.33 bits per heavy atom. The second kappa shape index (κ2) is 3.48. The first-order chi connectivity index (χ1) is 5.88. The summed E-state index contributed by atoms with van der Waals surface area (Å²) < 4.78 is 0. The van der Waals surface area contributed by atoms with Crippen LogP contribution in [0.25, 0.3) is 0 Å². The van der Waals surface area contributed by atoms with E-state index in [2.05, 4.69) is 0 Å². The van der Waals surface area contributed by atoms with Crippen molar-refractivity contribution in [3.8, 4) is 0 Å². The fourth-order valence-electron chi connectivity index (χ4n) is 1.28. The quantitative estimate of drug-likeness (QED) is 0.484. The third kappa shape index (κ3) is 1.48. The van der Waals surface area contributed by atoms with Gasteiger partial charge in [0, 0.05) is 5.02 Å². The van der Waals surface area contributed by atoms with Crippen molar-refractivity contribution in [2.24, 2.45) is 0 Å². The van der Waals surface area contributed by atoms with Crippen LogP contribution in [0.4, 0.5) is 0 Å². The van der Waals surface area contributed by atoms with Gasteiger partial charge in [0.1, 0.15) is 0 Å². The Balaban J connectivity index is 2.26.